The molecule has 0 N–H and O–H groups in total. The van der Waals surface area contributed by atoms with Crippen molar-refractivity contribution in [3.63, 3.8) is 0 Å². The Morgan fingerprint density at radius 3 is 2.04 bits per heavy atom. The van der Waals surface area contributed by atoms with Crippen molar-refractivity contribution in [3.8, 4) is 0 Å². The fraction of sp³-hybridized carbons (Fsp3) is 0.750. The van der Waals surface area contributed by atoms with E-state index in [1.807, 2.05) is 0 Å². The van der Waals surface area contributed by atoms with Crippen LogP contribution < -0.4 is 4.57 Å². The predicted molar refractivity (Wildman–Crippen MR) is 81.2 cm³/mol. The van der Waals surface area contributed by atoms with Crippen LogP contribution in [0.1, 0.15) is 32.0 Å². The zero-order chi connectivity index (χ0) is 21.1. The Labute approximate surface area is 152 Å². The molecule has 158 valence electrons. The van der Waals surface area contributed by atoms with Gasteiger partial charge in [-0.25, -0.2) is 26.0 Å². The molecular formula is C12H17F6N3O4S2. The fourth-order valence-corrected chi connectivity index (χ4v) is 3.85. The number of fused-ring (bicyclic) bond motifs is 1. The highest BCUT2D eigenvalue weighted by atomic mass is 32.3. The lowest BCUT2D eigenvalue weighted by molar-refractivity contribution is -0.690. The van der Waals surface area contributed by atoms with Crippen LogP contribution in [0.15, 0.2) is 12.4 Å². The molecule has 0 spiro atoms. The van der Waals surface area contributed by atoms with E-state index < -0.39 is 31.1 Å². The molecule has 27 heavy (non-hydrogen) atoms. The Morgan fingerprint density at radius 2 is 1.59 bits per heavy atom. The van der Waals surface area contributed by atoms with Crippen LogP contribution in [-0.2, 0) is 39.6 Å². The molecule has 0 radical (unpaired) electrons. The second kappa shape index (κ2) is 8.34. The van der Waals surface area contributed by atoms with Gasteiger partial charge in [-0.2, -0.15) is 26.3 Å². The molecule has 0 saturated carbocycles. The number of aromatic nitrogens is 2. The van der Waals surface area contributed by atoms with Crippen LogP contribution in [-0.4, -0.2) is 32.4 Å². The van der Waals surface area contributed by atoms with Crippen LogP contribution in [0.2, 0.25) is 0 Å². The van der Waals surface area contributed by atoms with Crippen LogP contribution in [0, 0.1) is 0 Å². The van der Waals surface area contributed by atoms with Gasteiger partial charge in [0.15, 0.2) is 20.0 Å². The minimum atomic E-state index is -6.72. The fourth-order valence-electron chi connectivity index (χ4n) is 2.14. The first-order chi connectivity index (χ1) is 12.1. The first-order valence-corrected chi connectivity index (χ1v) is 10.4. The number of aryl methyl sites for hydroxylation is 2. The van der Waals surface area contributed by atoms with Gasteiger partial charge in [-0.05, 0) is 12.8 Å². The zero-order valence-electron chi connectivity index (χ0n) is 14.0. The van der Waals surface area contributed by atoms with Crippen molar-refractivity contribution >= 4 is 20.0 Å². The lowest BCUT2D eigenvalue weighted by Gasteiger charge is -2.22. The number of hydrogen-bond donors (Lipinski definition) is 0. The summed E-state index contributed by atoms with van der Waals surface area (Å²) in [6.45, 7) is 4.68. The maximum absolute atomic E-state index is 11.4. The van der Waals surface area contributed by atoms with Crippen LogP contribution in [0.3, 0.4) is 0 Å². The van der Waals surface area contributed by atoms with Gasteiger partial charge in [-0.15, -0.1) is 0 Å². The quantitative estimate of drug-likeness (QED) is 0.515. The molecule has 1 aromatic rings. The Bertz CT molecular complexity index is 801. The average Bonchev–Trinajstić information content (AvgIpc) is 3.05. The topological polar surface area (TPSA) is 91.2 Å². The highest BCUT2D eigenvalue weighted by Crippen LogP contribution is 2.36. The minimum Gasteiger partial charge on any atom is -0.421 e. The van der Waals surface area contributed by atoms with Gasteiger partial charge in [0.05, 0.1) is 19.5 Å². The van der Waals surface area contributed by atoms with Crippen LogP contribution in [0.5, 0.6) is 0 Å². The number of unbranched alkanes of at least 4 members (excludes halogenated alkanes) is 1. The van der Waals surface area contributed by atoms with Gasteiger partial charge in [0.2, 0.25) is 0 Å². The van der Waals surface area contributed by atoms with E-state index in [2.05, 4.69) is 28.5 Å². The van der Waals surface area contributed by atoms with Gasteiger partial charge >= 0.3 is 11.0 Å². The summed E-state index contributed by atoms with van der Waals surface area (Å²) in [6.07, 6.45) is 9.65. The third-order valence-corrected chi connectivity index (χ3v) is 6.16. The molecular weight excluding hydrogens is 428 g/mol. The van der Waals surface area contributed by atoms with Gasteiger partial charge in [0.1, 0.15) is 12.4 Å². The molecule has 7 nitrogen and oxygen atoms in total. The van der Waals surface area contributed by atoms with E-state index in [4.69, 9.17) is 0 Å². The summed E-state index contributed by atoms with van der Waals surface area (Å²) in [4.78, 5) is 0. The van der Waals surface area contributed by atoms with Crippen molar-refractivity contribution in [2.75, 3.05) is 0 Å². The molecule has 0 aliphatic carbocycles. The Kier molecular flexibility index (Phi) is 7.32. The highest BCUT2D eigenvalue weighted by molar-refractivity contribution is 8.13. The van der Waals surface area contributed by atoms with E-state index in [1.165, 1.54) is 44.6 Å². The first-order valence-electron chi connectivity index (χ1n) is 7.56. The summed E-state index contributed by atoms with van der Waals surface area (Å²) in [6, 6.07) is 0. The van der Waals surface area contributed by atoms with Crippen molar-refractivity contribution in [3.05, 3.63) is 22.3 Å². The molecule has 0 saturated heterocycles. The number of imidazole rings is 1. The second-order valence-corrected chi connectivity index (χ2v) is 8.90. The maximum atomic E-state index is 11.4. The molecule has 1 aromatic heterocycles. The van der Waals surface area contributed by atoms with E-state index in [1.54, 1.807) is 0 Å². The van der Waals surface area contributed by atoms with Gasteiger partial charge in [-0.3, -0.25) is 0 Å². The third kappa shape index (κ3) is 6.07. The maximum Gasteiger partial charge on any atom is 0.480 e. The molecule has 2 rings (SSSR count). The number of sulfonamides is 2. The summed E-state index contributed by atoms with van der Waals surface area (Å²) in [5.41, 5.74) is -12.4. The summed E-state index contributed by atoms with van der Waals surface area (Å²) in [5, 5.41) is 0. The largest absolute Gasteiger partial charge is 0.480 e. The summed E-state index contributed by atoms with van der Waals surface area (Å²) < 4.78 is 114. The molecule has 0 amide bonds. The zero-order valence-corrected chi connectivity index (χ0v) is 15.6. The van der Waals surface area contributed by atoms with Crippen LogP contribution in [0.25, 0.3) is 4.13 Å². The van der Waals surface area contributed by atoms with Crippen LogP contribution in [0.4, 0.5) is 26.3 Å². The lowest BCUT2D eigenvalue weighted by atomic mass is 10.3. The molecule has 2 heterocycles. The minimum absolute atomic E-state index is 0.778. The molecule has 15 heteroatoms. The average molecular weight is 445 g/mol. The van der Waals surface area contributed by atoms with Gasteiger partial charge in [-0.1, -0.05) is 13.3 Å². The normalized spacial score (nSPS) is 15.2. The standard InChI is InChI=1S/C10H17N2.C2F6NO4S2/c1-2-3-6-11-8-9-12-7-4-5-10(11)12;3-1(4,5)14(10,11)9-15(12,13)2(6,7)8/h8-9H,2-7H2,1H3;/q+1;-1. The number of halogens is 6. The lowest BCUT2D eigenvalue weighted by Crippen LogP contribution is -2.30. The molecule has 0 aromatic carbocycles. The van der Waals surface area contributed by atoms with Crippen LogP contribution >= 0.6 is 0 Å². The molecule has 0 bridgehead atoms. The molecule has 0 atom stereocenters. The molecule has 1 aliphatic rings. The predicted octanol–water partition coefficient (Wildman–Crippen LogP) is 2.58. The van der Waals surface area contributed by atoms with E-state index in [0.717, 1.165) is 4.13 Å². The number of nitrogens with zero attached hydrogens (tertiary/aromatic N) is 3. The number of rotatable bonds is 5. The Morgan fingerprint density at radius 1 is 1.07 bits per heavy atom. The van der Waals surface area contributed by atoms with Crippen molar-refractivity contribution < 1.29 is 47.7 Å². The SMILES string of the molecule is CCCCn1cc[n+]2c1CCC2.O=S(=O)([N-]S(=O)(=O)C(F)(F)F)C(F)(F)F. The molecule has 1 aliphatic heterocycles. The molecule has 0 fully saturated rings. The third-order valence-electron chi connectivity index (χ3n) is 3.42. The van der Waals surface area contributed by atoms with Crippen molar-refractivity contribution in [1.82, 2.24) is 4.57 Å². The molecule has 0 unspecified atom stereocenters. The summed E-state index contributed by atoms with van der Waals surface area (Å²) in [7, 11) is -13.4. The van der Waals surface area contributed by atoms with E-state index in [9.17, 15) is 43.2 Å². The van der Waals surface area contributed by atoms with Crippen molar-refractivity contribution in [2.45, 2.75) is 56.7 Å². The van der Waals surface area contributed by atoms with E-state index in [-0.39, 0.29) is 0 Å². The second-order valence-electron chi connectivity index (χ2n) is 5.47. The highest BCUT2D eigenvalue weighted by Gasteiger charge is 2.46. The number of alkyl halides is 6. The first kappa shape index (κ1) is 23.7. The van der Waals surface area contributed by atoms with Gasteiger partial charge in [0.25, 0.3) is 5.82 Å². The summed E-state index contributed by atoms with van der Waals surface area (Å²) >= 11 is 0. The summed E-state index contributed by atoms with van der Waals surface area (Å²) in [5.74, 6) is 1.53. The Hall–Kier alpha value is -1.35. The van der Waals surface area contributed by atoms with E-state index in [0.29, 0.717) is 0 Å². The van der Waals surface area contributed by atoms with Gasteiger partial charge < -0.3 is 4.13 Å². The smallest absolute Gasteiger partial charge is 0.421 e. The number of hydrogen-bond acceptors (Lipinski definition) is 4. The Balaban J connectivity index is 0.000000274. The van der Waals surface area contributed by atoms with E-state index >= 15 is 0 Å². The van der Waals surface area contributed by atoms with Crippen molar-refractivity contribution in [2.24, 2.45) is 0 Å². The van der Waals surface area contributed by atoms with Crippen molar-refractivity contribution in [1.29, 1.82) is 0 Å². The monoisotopic (exact) mass is 445 g/mol. The van der Waals surface area contributed by atoms with Gasteiger partial charge in [0, 0.05) is 0 Å².